The number of carboxylic acids is 1. The van der Waals surface area contributed by atoms with Gasteiger partial charge in [-0.05, 0) is 18.2 Å². The molecule has 0 amide bonds. The van der Waals surface area contributed by atoms with Crippen molar-refractivity contribution in [3.8, 4) is 0 Å². The van der Waals surface area contributed by atoms with Crippen molar-refractivity contribution in [1.82, 2.24) is 14.9 Å². The number of carbonyl (C=O) groups excluding carboxylic acids is 1. The molecule has 0 unspecified atom stereocenters. The lowest BCUT2D eigenvalue weighted by Gasteiger charge is -2.35. The molecule has 14 heteroatoms. The van der Waals surface area contributed by atoms with Crippen molar-refractivity contribution in [2.75, 3.05) is 50.8 Å². The highest BCUT2D eigenvalue weighted by atomic mass is 32.2. The van der Waals surface area contributed by atoms with Crippen LogP contribution in [0.5, 0.6) is 0 Å². The number of piperazine rings is 1. The molecule has 3 heterocycles. The van der Waals surface area contributed by atoms with Gasteiger partial charge in [0.05, 0.1) is 24.1 Å². The van der Waals surface area contributed by atoms with Gasteiger partial charge in [0.2, 0.25) is 5.78 Å². The number of hydrogen-bond acceptors (Lipinski definition) is 9. The molecule has 0 atom stereocenters. The maximum atomic E-state index is 14.8. The van der Waals surface area contributed by atoms with Crippen molar-refractivity contribution in [2.24, 2.45) is 4.36 Å². The first-order valence-electron chi connectivity index (χ1n) is 10.8. The number of ketones is 1. The van der Waals surface area contributed by atoms with Crippen LogP contribution in [-0.2, 0) is 20.0 Å². The van der Waals surface area contributed by atoms with Crippen LogP contribution in [0.2, 0.25) is 0 Å². The normalized spacial score (nSPS) is 14.2. The minimum atomic E-state index is -2.98. The van der Waals surface area contributed by atoms with Crippen molar-refractivity contribution in [3.05, 3.63) is 53.4 Å². The summed E-state index contributed by atoms with van der Waals surface area (Å²) >= 11 is 0. The SMILES string of the molecule is O=C(O)COCCN1CCN(c2cnc3[nH]cc(C(=O)c4c(F)ccc(N=S(=O)=O)c4F)c3c2)CC1. The van der Waals surface area contributed by atoms with E-state index in [9.17, 15) is 26.8 Å². The van der Waals surface area contributed by atoms with E-state index in [0.717, 1.165) is 12.1 Å². The molecule has 0 bridgehead atoms. The number of carbonyl (C=O) groups is 2. The van der Waals surface area contributed by atoms with Gasteiger partial charge in [-0.25, -0.2) is 18.6 Å². The zero-order valence-corrected chi connectivity index (χ0v) is 19.6. The van der Waals surface area contributed by atoms with E-state index in [0.29, 0.717) is 56.1 Å². The van der Waals surface area contributed by atoms with Crippen molar-refractivity contribution in [1.29, 1.82) is 0 Å². The number of halogens is 2. The fourth-order valence-corrected chi connectivity index (χ4v) is 4.27. The number of anilines is 1. The predicted molar refractivity (Wildman–Crippen MR) is 124 cm³/mol. The summed E-state index contributed by atoms with van der Waals surface area (Å²) in [7, 11) is -2.98. The summed E-state index contributed by atoms with van der Waals surface area (Å²) in [4.78, 5) is 34.9. The lowest BCUT2D eigenvalue weighted by molar-refractivity contribution is -0.142. The van der Waals surface area contributed by atoms with Crippen LogP contribution in [0.3, 0.4) is 0 Å². The molecular formula is C22H21F2N5O6S. The average Bonchev–Trinajstić information content (AvgIpc) is 3.27. The quantitative estimate of drug-likeness (QED) is 0.319. The first-order valence-corrected chi connectivity index (χ1v) is 11.9. The molecule has 0 spiro atoms. The number of carboxylic acid groups (broad SMARTS) is 1. The minimum Gasteiger partial charge on any atom is -0.480 e. The molecule has 0 saturated carbocycles. The van der Waals surface area contributed by atoms with E-state index in [4.69, 9.17) is 9.84 Å². The number of pyridine rings is 1. The van der Waals surface area contributed by atoms with Gasteiger partial charge >= 0.3 is 16.5 Å². The Bertz CT molecular complexity index is 1440. The van der Waals surface area contributed by atoms with E-state index < -0.39 is 45.1 Å². The van der Waals surface area contributed by atoms with E-state index in [2.05, 4.69) is 19.2 Å². The number of hydrogen-bond donors (Lipinski definition) is 2. The molecule has 1 fully saturated rings. The van der Waals surface area contributed by atoms with Gasteiger partial charge < -0.3 is 19.7 Å². The number of fused-ring (bicyclic) bond motifs is 1. The Morgan fingerprint density at radius 1 is 1.19 bits per heavy atom. The average molecular weight is 522 g/mol. The smallest absolute Gasteiger partial charge is 0.329 e. The summed E-state index contributed by atoms with van der Waals surface area (Å²) in [6.45, 7) is 3.23. The van der Waals surface area contributed by atoms with Gasteiger partial charge in [-0.1, -0.05) is 0 Å². The van der Waals surface area contributed by atoms with E-state index in [1.54, 1.807) is 12.3 Å². The number of benzene rings is 1. The third-order valence-electron chi connectivity index (χ3n) is 5.75. The number of aliphatic carboxylic acids is 1. The molecule has 1 aromatic carbocycles. The lowest BCUT2D eigenvalue weighted by atomic mass is 10.0. The summed E-state index contributed by atoms with van der Waals surface area (Å²) < 4.78 is 59.0. The molecular weight excluding hydrogens is 500 g/mol. The van der Waals surface area contributed by atoms with Gasteiger partial charge in [-0.3, -0.25) is 9.69 Å². The molecule has 36 heavy (non-hydrogen) atoms. The molecule has 1 saturated heterocycles. The second-order valence-electron chi connectivity index (χ2n) is 7.96. The second kappa shape index (κ2) is 10.9. The Balaban J connectivity index is 1.53. The zero-order valence-electron chi connectivity index (χ0n) is 18.8. The molecule has 3 aromatic rings. The summed E-state index contributed by atoms with van der Waals surface area (Å²) in [6.07, 6.45) is 2.93. The van der Waals surface area contributed by atoms with Crippen molar-refractivity contribution in [3.63, 3.8) is 0 Å². The standard InChI is InChI=1S/C22H21F2N5O6S/c23-16-1-2-17(27-36(33)34)20(24)19(16)21(32)15-11-26-22-14(15)9-13(10-25-22)29-5-3-28(4-6-29)7-8-35-12-18(30)31/h1-2,9-11H,3-8,12H2,(H,25,26)(H,30,31). The third-order valence-corrected chi connectivity index (χ3v) is 6.09. The van der Waals surface area contributed by atoms with Crippen molar-refractivity contribution < 1.29 is 36.6 Å². The van der Waals surface area contributed by atoms with Crippen molar-refractivity contribution in [2.45, 2.75) is 0 Å². The molecule has 2 N–H and O–H groups in total. The molecule has 2 aromatic heterocycles. The number of H-pyrrole nitrogens is 1. The Labute approximate surface area is 205 Å². The molecule has 1 aliphatic rings. The van der Waals surface area contributed by atoms with E-state index in [1.807, 2.05) is 4.90 Å². The van der Waals surface area contributed by atoms with Crippen LogP contribution in [0.15, 0.2) is 35.0 Å². The first kappa shape index (κ1) is 25.3. The number of nitrogens with one attached hydrogen (secondary N) is 1. The van der Waals surface area contributed by atoms with Gasteiger partial charge in [0.1, 0.15) is 23.8 Å². The number of nitrogens with zero attached hydrogens (tertiary/aromatic N) is 4. The molecule has 190 valence electrons. The maximum Gasteiger partial charge on any atom is 0.329 e. The summed E-state index contributed by atoms with van der Waals surface area (Å²) in [5, 5.41) is 8.98. The van der Waals surface area contributed by atoms with Crippen LogP contribution in [-0.4, -0.2) is 86.1 Å². The molecule has 11 nitrogen and oxygen atoms in total. The van der Waals surface area contributed by atoms with Crippen LogP contribution in [0, 0.1) is 11.6 Å². The van der Waals surface area contributed by atoms with E-state index >= 15 is 0 Å². The molecule has 0 radical (unpaired) electrons. The first-order chi connectivity index (χ1) is 17.2. The zero-order chi connectivity index (χ0) is 25.8. The number of aromatic amines is 1. The topological polar surface area (TPSA) is 145 Å². The van der Waals surface area contributed by atoms with Gasteiger partial charge in [-0.2, -0.15) is 8.42 Å². The van der Waals surface area contributed by atoms with E-state index in [-0.39, 0.29) is 12.2 Å². The van der Waals surface area contributed by atoms with Gasteiger partial charge in [0.25, 0.3) is 0 Å². The largest absolute Gasteiger partial charge is 0.480 e. The summed E-state index contributed by atoms with van der Waals surface area (Å²) in [5.41, 5.74) is -0.542. The molecule has 1 aliphatic heterocycles. The van der Waals surface area contributed by atoms with Crippen LogP contribution in [0.25, 0.3) is 11.0 Å². The summed E-state index contributed by atoms with van der Waals surface area (Å²) in [5.74, 6) is -4.51. The summed E-state index contributed by atoms with van der Waals surface area (Å²) in [6, 6.07) is 3.32. The van der Waals surface area contributed by atoms with Crippen LogP contribution in [0.1, 0.15) is 15.9 Å². The minimum absolute atomic E-state index is 0.0215. The fourth-order valence-electron chi connectivity index (χ4n) is 3.97. The number of rotatable bonds is 9. The van der Waals surface area contributed by atoms with Crippen LogP contribution in [0.4, 0.5) is 20.2 Å². The highest BCUT2D eigenvalue weighted by Crippen LogP contribution is 2.29. The lowest BCUT2D eigenvalue weighted by Crippen LogP contribution is -2.47. The predicted octanol–water partition coefficient (Wildman–Crippen LogP) is 1.99. The van der Waals surface area contributed by atoms with Gasteiger partial charge in [0, 0.05) is 49.9 Å². The van der Waals surface area contributed by atoms with Gasteiger partial charge in [-0.15, -0.1) is 4.36 Å². The number of aromatic nitrogens is 2. The number of ether oxygens (including phenoxy) is 1. The van der Waals surface area contributed by atoms with Crippen LogP contribution < -0.4 is 4.90 Å². The Kier molecular flexibility index (Phi) is 7.67. The Morgan fingerprint density at radius 3 is 2.64 bits per heavy atom. The van der Waals surface area contributed by atoms with Gasteiger partial charge in [0.15, 0.2) is 5.82 Å². The molecule has 4 rings (SSSR count). The Hall–Kier alpha value is -3.75. The maximum absolute atomic E-state index is 14.8. The highest BCUT2D eigenvalue weighted by molar-refractivity contribution is 7.61. The molecule has 0 aliphatic carbocycles. The third kappa shape index (κ3) is 5.56. The highest BCUT2D eigenvalue weighted by Gasteiger charge is 2.25. The fraction of sp³-hybridized carbons (Fsp3) is 0.318. The van der Waals surface area contributed by atoms with Crippen LogP contribution >= 0.6 is 0 Å². The van der Waals surface area contributed by atoms with Crippen molar-refractivity contribution >= 4 is 44.7 Å². The van der Waals surface area contributed by atoms with E-state index in [1.165, 1.54) is 6.20 Å². The second-order valence-corrected chi connectivity index (χ2v) is 8.58. The monoisotopic (exact) mass is 521 g/mol. The Morgan fingerprint density at radius 2 is 1.94 bits per heavy atom.